The number of urea groups is 1. The van der Waals surface area contributed by atoms with E-state index in [0.29, 0.717) is 4.90 Å². The molecule has 8 heteroatoms. The number of carbonyl (C=O) groups is 3. The number of nitrogens with zero attached hydrogens (tertiary/aromatic N) is 1. The molecule has 1 unspecified atom stereocenters. The number of amides is 4. The van der Waals surface area contributed by atoms with Crippen LogP contribution in [0.2, 0.25) is 10.0 Å². The summed E-state index contributed by atoms with van der Waals surface area (Å²) in [4.78, 5) is 35.6. The molecule has 0 aliphatic carbocycles. The summed E-state index contributed by atoms with van der Waals surface area (Å²) >= 11 is 11.2. The normalized spacial score (nSPS) is 19.7. The molecule has 2 rings (SSSR count). The van der Waals surface area contributed by atoms with Gasteiger partial charge in [-0.3, -0.25) is 14.9 Å². The second kappa shape index (κ2) is 4.79. The summed E-state index contributed by atoms with van der Waals surface area (Å²) in [5.74, 6) is -3.29. The van der Waals surface area contributed by atoms with Crippen molar-refractivity contribution in [1.82, 2.24) is 5.32 Å². The molecule has 1 aliphatic heterocycles. The van der Waals surface area contributed by atoms with E-state index in [1.807, 2.05) is 5.32 Å². The highest BCUT2D eigenvalue weighted by Crippen LogP contribution is 2.31. The third-order valence-corrected chi connectivity index (χ3v) is 3.19. The maximum absolute atomic E-state index is 13.3. The van der Waals surface area contributed by atoms with Crippen LogP contribution in [-0.4, -0.2) is 17.8 Å². The van der Waals surface area contributed by atoms with Gasteiger partial charge in [-0.2, -0.15) is 0 Å². The Morgan fingerprint density at radius 2 is 1.74 bits per heavy atom. The molecule has 0 aromatic heterocycles. The molecule has 5 nitrogen and oxygen atoms in total. The minimum atomic E-state index is -1.03. The monoisotopic (exact) mass is 304 g/mol. The summed E-state index contributed by atoms with van der Waals surface area (Å²) in [6, 6.07) is 1.25. The van der Waals surface area contributed by atoms with E-state index in [0.717, 1.165) is 12.1 Å². The Morgan fingerprint density at radius 1 is 1.21 bits per heavy atom. The minimum absolute atomic E-state index is 0.00162. The topological polar surface area (TPSA) is 66.5 Å². The summed E-state index contributed by atoms with van der Waals surface area (Å²) in [7, 11) is 0. The zero-order valence-corrected chi connectivity index (χ0v) is 11.0. The third-order valence-electron chi connectivity index (χ3n) is 2.64. The van der Waals surface area contributed by atoms with Gasteiger partial charge in [-0.25, -0.2) is 14.1 Å². The lowest BCUT2D eigenvalue weighted by Gasteiger charge is -2.28. The molecule has 1 heterocycles. The van der Waals surface area contributed by atoms with Gasteiger partial charge in [0.15, 0.2) is 5.82 Å². The molecule has 1 fully saturated rings. The minimum Gasteiger partial charge on any atom is -0.277 e. The zero-order valence-electron chi connectivity index (χ0n) is 9.54. The molecule has 1 aromatic rings. The first-order valence-corrected chi connectivity index (χ1v) is 5.92. The van der Waals surface area contributed by atoms with Crippen molar-refractivity contribution in [1.29, 1.82) is 0 Å². The Bertz CT molecular complexity index is 583. The number of hydrogen-bond acceptors (Lipinski definition) is 3. The Hall–Kier alpha value is -1.66. The first-order valence-electron chi connectivity index (χ1n) is 5.16. The fourth-order valence-electron chi connectivity index (χ4n) is 1.59. The SMILES string of the molecule is CC1C(=O)NC(=O)N(c2cc(Cl)c(F)c(Cl)c2)C1=O. The second-order valence-corrected chi connectivity index (χ2v) is 4.73. The molecule has 1 atom stereocenters. The third kappa shape index (κ3) is 2.29. The number of benzene rings is 1. The molecule has 100 valence electrons. The fraction of sp³-hybridized carbons (Fsp3) is 0.182. The van der Waals surface area contributed by atoms with Crippen LogP contribution in [0.15, 0.2) is 12.1 Å². The quantitative estimate of drug-likeness (QED) is 0.640. The highest BCUT2D eigenvalue weighted by molar-refractivity contribution is 6.36. The van der Waals surface area contributed by atoms with E-state index in [-0.39, 0.29) is 15.7 Å². The van der Waals surface area contributed by atoms with Gasteiger partial charge in [-0.1, -0.05) is 23.2 Å². The summed E-state index contributed by atoms with van der Waals surface area (Å²) in [6.45, 7) is 1.35. The molecule has 4 amide bonds. The number of halogens is 3. The van der Waals surface area contributed by atoms with Gasteiger partial charge < -0.3 is 0 Å². The first kappa shape index (κ1) is 13.8. The van der Waals surface area contributed by atoms with E-state index >= 15 is 0 Å². The van der Waals surface area contributed by atoms with Crippen LogP contribution < -0.4 is 10.2 Å². The van der Waals surface area contributed by atoms with Crippen LogP contribution in [0, 0.1) is 11.7 Å². The van der Waals surface area contributed by atoms with Gasteiger partial charge in [0.2, 0.25) is 11.8 Å². The molecular weight excluding hydrogens is 298 g/mol. The van der Waals surface area contributed by atoms with Crippen molar-refractivity contribution in [3.63, 3.8) is 0 Å². The lowest BCUT2D eigenvalue weighted by atomic mass is 10.1. The van der Waals surface area contributed by atoms with Gasteiger partial charge >= 0.3 is 6.03 Å². The zero-order chi connectivity index (χ0) is 14.3. The second-order valence-electron chi connectivity index (χ2n) is 3.91. The fourth-order valence-corrected chi connectivity index (χ4v) is 2.07. The van der Waals surface area contributed by atoms with Crippen molar-refractivity contribution >= 4 is 46.7 Å². The van der Waals surface area contributed by atoms with Gasteiger partial charge in [-0.15, -0.1) is 0 Å². The smallest absolute Gasteiger partial charge is 0.277 e. The number of imide groups is 2. The molecular formula is C11H7Cl2FN2O3. The molecule has 0 spiro atoms. The van der Waals surface area contributed by atoms with Crippen LogP contribution in [-0.2, 0) is 9.59 Å². The molecule has 0 radical (unpaired) electrons. The van der Waals surface area contributed by atoms with Crippen molar-refractivity contribution in [2.75, 3.05) is 4.90 Å². The highest BCUT2D eigenvalue weighted by atomic mass is 35.5. The lowest BCUT2D eigenvalue weighted by Crippen LogP contribution is -2.57. The van der Waals surface area contributed by atoms with Crippen molar-refractivity contribution in [2.24, 2.45) is 5.92 Å². The number of nitrogens with one attached hydrogen (secondary N) is 1. The van der Waals surface area contributed by atoms with Crippen LogP contribution in [0.3, 0.4) is 0 Å². The van der Waals surface area contributed by atoms with Gasteiger partial charge in [-0.05, 0) is 19.1 Å². The van der Waals surface area contributed by atoms with E-state index in [1.165, 1.54) is 6.92 Å². The predicted molar refractivity (Wildman–Crippen MR) is 66.6 cm³/mol. The average Bonchev–Trinajstić information content (AvgIpc) is 2.33. The van der Waals surface area contributed by atoms with Crippen molar-refractivity contribution < 1.29 is 18.8 Å². The number of anilines is 1. The van der Waals surface area contributed by atoms with E-state index in [2.05, 4.69) is 0 Å². The van der Waals surface area contributed by atoms with E-state index in [4.69, 9.17) is 23.2 Å². The summed E-state index contributed by atoms with van der Waals surface area (Å²) in [6.07, 6.45) is 0. The Labute approximate surface area is 117 Å². The van der Waals surface area contributed by atoms with Crippen LogP contribution in [0.5, 0.6) is 0 Å². The standard InChI is InChI=1S/C11H7Cl2FN2O3/c1-4-9(17)15-11(19)16(10(4)18)5-2-6(12)8(14)7(13)3-5/h2-4H,1H3,(H,15,17,19). The molecule has 1 aliphatic rings. The molecule has 1 aromatic carbocycles. The van der Waals surface area contributed by atoms with Crippen LogP contribution >= 0.6 is 23.2 Å². The maximum atomic E-state index is 13.3. The van der Waals surface area contributed by atoms with E-state index in [1.54, 1.807) is 0 Å². The number of rotatable bonds is 1. The Balaban J connectivity index is 2.49. The average molecular weight is 305 g/mol. The molecule has 0 saturated carbocycles. The van der Waals surface area contributed by atoms with Crippen LogP contribution in [0.4, 0.5) is 14.9 Å². The van der Waals surface area contributed by atoms with Crippen LogP contribution in [0.25, 0.3) is 0 Å². The number of carbonyl (C=O) groups excluding carboxylic acids is 3. The summed E-state index contributed by atoms with van der Waals surface area (Å²) in [5.41, 5.74) is -0.00162. The largest absolute Gasteiger partial charge is 0.335 e. The van der Waals surface area contributed by atoms with Gasteiger partial charge in [0.25, 0.3) is 0 Å². The summed E-state index contributed by atoms with van der Waals surface area (Å²) < 4.78 is 13.3. The van der Waals surface area contributed by atoms with E-state index in [9.17, 15) is 18.8 Å². The number of barbiturate groups is 1. The lowest BCUT2D eigenvalue weighted by molar-refractivity contribution is -0.133. The molecule has 1 N–H and O–H groups in total. The predicted octanol–water partition coefficient (Wildman–Crippen LogP) is 2.35. The molecule has 1 saturated heterocycles. The Morgan fingerprint density at radius 3 is 2.26 bits per heavy atom. The van der Waals surface area contributed by atoms with Crippen molar-refractivity contribution in [3.8, 4) is 0 Å². The molecule has 0 bridgehead atoms. The molecule has 19 heavy (non-hydrogen) atoms. The van der Waals surface area contributed by atoms with E-state index < -0.39 is 29.6 Å². The van der Waals surface area contributed by atoms with Crippen molar-refractivity contribution in [2.45, 2.75) is 6.92 Å². The number of hydrogen-bond donors (Lipinski definition) is 1. The van der Waals surface area contributed by atoms with Crippen molar-refractivity contribution in [3.05, 3.63) is 28.0 Å². The highest BCUT2D eigenvalue weighted by Gasteiger charge is 2.38. The van der Waals surface area contributed by atoms with Crippen LogP contribution in [0.1, 0.15) is 6.92 Å². The van der Waals surface area contributed by atoms with Gasteiger partial charge in [0.05, 0.1) is 15.7 Å². The van der Waals surface area contributed by atoms with Gasteiger partial charge in [0.1, 0.15) is 5.92 Å². The first-order chi connectivity index (χ1) is 8.82. The maximum Gasteiger partial charge on any atom is 0.335 e. The van der Waals surface area contributed by atoms with Gasteiger partial charge in [0, 0.05) is 0 Å². The Kier molecular flexibility index (Phi) is 3.47. The summed E-state index contributed by atoms with van der Waals surface area (Å²) in [5, 5.41) is 1.36.